The van der Waals surface area contributed by atoms with Crippen LogP contribution in [0.1, 0.15) is 44.1 Å². The Hall–Kier alpha value is -1.01. The molecule has 0 amide bonds. The molecule has 0 N–H and O–H groups in total. The van der Waals surface area contributed by atoms with Crippen molar-refractivity contribution < 1.29 is 24.3 Å². The third kappa shape index (κ3) is 2.86. The Kier molecular flexibility index (Phi) is 5.10. The zero-order valence-electron chi connectivity index (χ0n) is 11.4. The van der Waals surface area contributed by atoms with Crippen molar-refractivity contribution in [3.8, 4) is 0 Å². The summed E-state index contributed by atoms with van der Waals surface area (Å²) in [5, 5.41) is 0. The summed E-state index contributed by atoms with van der Waals surface area (Å²) in [5.41, 5.74) is 4.01. The number of carbonyl (C=O) groups excluding carboxylic acids is 1. The minimum absolute atomic E-state index is 0. The molecule has 0 atom stereocenters. The van der Waals surface area contributed by atoms with Crippen LogP contribution >= 0.6 is 0 Å². The summed E-state index contributed by atoms with van der Waals surface area (Å²) in [6, 6.07) is 10.6. The molecule has 1 nitrogen and oxygen atoms in total. The van der Waals surface area contributed by atoms with Crippen molar-refractivity contribution in [2.45, 2.75) is 38.5 Å². The smallest absolute Gasteiger partial charge is 0.542 e. The normalized spacial score (nSPS) is 19.4. The molecule has 0 saturated heterocycles. The number of rotatable bonds is 4. The van der Waals surface area contributed by atoms with Gasteiger partial charge in [-0.05, 0) is 0 Å². The fraction of sp³-hybridized carbons (Fsp3) is 0.389. The molecule has 0 aromatic heterocycles. The molecule has 2 heteroatoms. The van der Waals surface area contributed by atoms with Crippen molar-refractivity contribution in [3.63, 3.8) is 0 Å². The van der Waals surface area contributed by atoms with E-state index in [1.807, 2.05) is 6.29 Å². The van der Waals surface area contributed by atoms with Gasteiger partial charge >= 0.3 is 19.5 Å². The van der Waals surface area contributed by atoms with E-state index >= 15 is 0 Å². The topological polar surface area (TPSA) is 17.1 Å². The van der Waals surface area contributed by atoms with Crippen molar-refractivity contribution in [2.24, 2.45) is 5.41 Å². The Bertz CT molecular complexity index is 522. The maximum atomic E-state index is 10.4. The van der Waals surface area contributed by atoms with Gasteiger partial charge in [0.1, 0.15) is 0 Å². The average molecular weight is 353 g/mol. The van der Waals surface area contributed by atoms with E-state index in [4.69, 9.17) is 0 Å². The van der Waals surface area contributed by atoms with Gasteiger partial charge in [-0.3, -0.25) is 6.29 Å². The van der Waals surface area contributed by atoms with E-state index in [9.17, 15) is 4.79 Å². The van der Waals surface area contributed by atoms with Crippen molar-refractivity contribution >= 4 is 11.9 Å². The maximum absolute atomic E-state index is 10.4. The molecule has 0 unspecified atom stereocenters. The van der Waals surface area contributed by atoms with Crippen LogP contribution in [0.15, 0.2) is 42.0 Å². The molecule has 0 heterocycles. The monoisotopic (exact) mass is 353 g/mol. The summed E-state index contributed by atoms with van der Waals surface area (Å²) in [6.07, 6.45) is 14.2. The van der Waals surface area contributed by atoms with Crippen molar-refractivity contribution in [1.82, 2.24) is 0 Å². The molecule has 1 fully saturated rings. The van der Waals surface area contributed by atoms with Crippen molar-refractivity contribution in [1.29, 1.82) is 0 Å². The zero-order valence-corrected chi connectivity index (χ0v) is 13.1. The molecule has 3 rings (SSSR count). The number of benzene rings is 1. The third-order valence-electron chi connectivity index (χ3n) is 4.29. The van der Waals surface area contributed by atoms with Crippen LogP contribution in [0.25, 0.3) is 5.57 Å². The van der Waals surface area contributed by atoms with Crippen LogP contribution in [0.5, 0.6) is 0 Å². The Balaban J connectivity index is 0.00000147. The van der Waals surface area contributed by atoms with Crippen LogP contribution in [0, 0.1) is 11.5 Å². The van der Waals surface area contributed by atoms with E-state index in [0.717, 1.165) is 6.42 Å². The van der Waals surface area contributed by atoms with Gasteiger partial charge in [-0.15, -0.1) is 17.7 Å². The van der Waals surface area contributed by atoms with Crippen LogP contribution in [0.4, 0.5) is 0 Å². The van der Waals surface area contributed by atoms with Gasteiger partial charge in [0.25, 0.3) is 0 Å². The van der Waals surface area contributed by atoms with E-state index in [1.54, 1.807) is 0 Å². The summed E-state index contributed by atoms with van der Waals surface area (Å²) in [5.74, 6) is 0. The van der Waals surface area contributed by atoms with E-state index in [0.29, 0.717) is 6.42 Å². The summed E-state index contributed by atoms with van der Waals surface area (Å²) >= 11 is 0. The van der Waals surface area contributed by atoms with E-state index in [2.05, 4.69) is 42.5 Å². The zero-order chi connectivity index (χ0) is 13.1. The average Bonchev–Trinajstić information content (AvgIpc) is 3.06. The summed E-state index contributed by atoms with van der Waals surface area (Å²) < 4.78 is 0. The second-order valence-electron chi connectivity index (χ2n) is 5.54. The second kappa shape index (κ2) is 6.63. The molecule has 1 spiro atoms. The van der Waals surface area contributed by atoms with Gasteiger partial charge in [-0.1, -0.05) is 55.7 Å². The first kappa shape index (κ1) is 15.4. The minimum Gasteiger partial charge on any atom is -0.542 e. The molecule has 2 aliphatic rings. The standard InChI is InChI=1S/C18H18O.Rh/c19-12-6-7-15-13-17(16-8-2-1-3-9-16)18(14-15)10-4-5-11-18;/h1-3,8-9,14H,4-7,10-11H2;/q-2;+2. The summed E-state index contributed by atoms with van der Waals surface area (Å²) in [7, 11) is 0. The largest absolute Gasteiger partial charge is 2.00 e. The van der Waals surface area contributed by atoms with Crippen LogP contribution in [0.2, 0.25) is 0 Å². The number of hydrogen-bond acceptors (Lipinski definition) is 1. The van der Waals surface area contributed by atoms with Crippen molar-refractivity contribution in [3.05, 3.63) is 53.6 Å². The molecular weight excluding hydrogens is 335 g/mol. The summed E-state index contributed by atoms with van der Waals surface area (Å²) in [4.78, 5) is 10.4. The van der Waals surface area contributed by atoms with Gasteiger partial charge < -0.3 is 4.79 Å². The third-order valence-corrected chi connectivity index (χ3v) is 4.29. The number of allylic oxidation sites excluding steroid dienone is 4. The van der Waals surface area contributed by atoms with Crippen LogP contribution in [-0.4, -0.2) is 6.29 Å². The second-order valence-corrected chi connectivity index (χ2v) is 5.54. The molecule has 0 bridgehead atoms. The molecule has 0 aliphatic heterocycles. The Morgan fingerprint density at radius 1 is 1.15 bits per heavy atom. The fourth-order valence-electron chi connectivity index (χ4n) is 3.41. The Morgan fingerprint density at radius 3 is 2.50 bits per heavy atom. The van der Waals surface area contributed by atoms with Crippen LogP contribution in [0.3, 0.4) is 0 Å². The first-order valence-corrected chi connectivity index (χ1v) is 7.11. The van der Waals surface area contributed by atoms with Crippen molar-refractivity contribution in [2.75, 3.05) is 0 Å². The molecule has 1 aromatic carbocycles. The van der Waals surface area contributed by atoms with Crippen LogP contribution in [-0.2, 0) is 24.3 Å². The molecular formula is C18H18ORh. The molecule has 1 radical (unpaired) electrons. The van der Waals surface area contributed by atoms with Gasteiger partial charge in [0.2, 0.25) is 0 Å². The van der Waals surface area contributed by atoms with Crippen LogP contribution < -0.4 is 0 Å². The van der Waals surface area contributed by atoms with Gasteiger partial charge in [-0.25, -0.2) is 0 Å². The first-order valence-electron chi connectivity index (χ1n) is 7.11. The van der Waals surface area contributed by atoms with E-state index in [-0.39, 0.29) is 24.9 Å². The van der Waals surface area contributed by atoms with Gasteiger partial charge in [-0.2, -0.15) is 29.7 Å². The minimum atomic E-state index is 0. The van der Waals surface area contributed by atoms with Gasteiger partial charge in [0.15, 0.2) is 0 Å². The molecule has 2 aliphatic carbocycles. The fourth-order valence-corrected chi connectivity index (χ4v) is 3.41. The van der Waals surface area contributed by atoms with Gasteiger partial charge in [0, 0.05) is 0 Å². The predicted molar refractivity (Wildman–Crippen MR) is 77.0 cm³/mol. The Labute approximate surface area is 133 Å². The van der Waals surface area contributed by atoms with E-state index < -0.39 is 0 Å². The molecule has 1 saturated carbocycles. The number of hydrogen-bond donors (Lipinski definition) is 0. The molecule has 105 valence electrons. The SMILES string of the molecule is O=[C-]CCC1=CC2(CCCC2)C(c2ccccc2)=[C-]1.[Rh+2]. The summed E-state index contributed by atoms with van der Waals surface area (Å²) in [6.45, 7) is 0. The Morgan fingerprint density at radius 2 is 1.85 bits per heavy atom. The predicted octanol–water partition coefficient (Wildman–Crippen LogP) is 4.26. The quantitative estimate of drug-likeness (QED) is 0.584. The maximum Gasteiger partial charge on any atom is 2.00 e. The molecule has 20 heavy (non-hydrogen) atoms. The van der Waals surface area contributed by atoms with Gasteiger partial charge in [0.05, 0.1) is 0 Å². The molecule has 1 aromatic rings. The first-order chi connectivity index (χ1) is 9.34. The van der Waals surface area contributed by atoms with E-state index in [1.165, 1.54) is 42.4 Å².